The minimum absolute atomic E-state index is 0. The van der Waals surface area contributed by atoms with Crippen LogP contribution in [0, 0.1) is 0 Å². The molecule has 0 aliphatic heterocycles. The molecule has 0 aromatic rings. The average molecular weight is 106 g/mol. The minimum Gasteiger partial charge on any atom is -0.870 e. The predicted molar refractivity (Wildman–Crippen MR) is 21.7 cm³/mol. The molecule has 0 aliphatic carbocycles. The number of rotatable bonds is 2. The third-order valence-electron chi connectivity index (χ3n) is 0.192. The van der Waals surface area contributed by atoms with Crippen LogP contribution in [0.15, 0.2) is 0 Å². The summed E-state index contributed by atoms with van der Waals surface area (Å²) in [5.41, 5.74) is 0. The zero-order chi connectivity index (χ0) is 4.12. The molecule has 0 unspecified atom stereocenters. The van der Waals surface area contributed by atoms with Gasteiger partial charge in [-0.15, -0.1) is 0 Å². The molecule has 0 atom stereocenters. The van der Waals surface area contributed by atoms with Gasteiger partial charge in [0.15, 0.2) is 0 Å². The topological polar surface area (TPSA) is 48.5 Å². The van der Waals surface area contributed by atoms with Crippen molar-refractivity contribution in [3.63, 3.8) is 0 Å². The van der Waals surface area contributed by atoms with Gasteiger partial charge in [-0.3, -0.25) is 0 Å². The van der Waals surface area contributed by atoms with Crippen molar-refractivity contribution < 1.29 is 13.1 Å². The van der Waals surface area contributed by atoms with Crippen molar-refractivity contribution in [3.8, 4) is 0 Å². The summed E-state index contributed by atoms with van der Waals surface area (Å²) in [7, 11) is 3.25. The van der Waals surface area contributed by atoms with Crippen molar-refractivity contribution in [2.45, 2.75) is 0 Å². The summed E-state index contributed by atoms with van der Waals surface area (Å²) in [6, 6.07) is 0. The Morgan fingerprint density at radius 1 is 1.17 bits per heavy atom. The molecule has 0 saturated carbocycles. The summed E-state index contributed by atoms with van der Waals surface area (Å²) in [6.45, 7) is 0. The molecule has 0 rings (SSSR count). The Morgan fingerprint density at radius 3 is 1.50 bits per heavy atom. The molecule has 0 aliphatic rings. The van der Waals surface area contributed by atoms with Gasteiger partial charge in [-0.1, -0.05) is 0 Å². The Bertz CT molecular complexity index is 16.3. The monoisotopic (exact) mass is 106 g/mol. The summed E-state index contributed by atoms with van der Waals surface area (Å²) >= 11 is -0.185. The molecular formula is C2H7AlO3. The van der Waals surface area contributed by atoms with Gasteiger partial charge in [0, 0.05) is 0 Å². The van der Waals surface area contributed by atoms with E-state index >= 15 is 0 Å². The summed E-state index contributed by atoms with van der Waals surface area (Å²) in [6.07, 6.45) is 0. The molecule has 0 fully saturated rings. The van der Waals surface area contributed by atoms with Gasteiger partial charge in [0.25, 0.3) is 0 Å². The zero-order valence-corrected chi connectivity index (χ0v) is 5.00. The van der Waals surface area contributed by atoms with Crippen LogP contribution in [0.2, 0.25) is 0 Å². The summed E-state index contributed by atoms with van der Waals surface area (Å²) in [4.78, 5) is 0. The van der Waals surface area contributed by atoms with E-state index in [1.54, 1.807) is 14.2 Å². The Labute approximate surface area is 43.9 Å². The predicted octanol–water partition coefficient (Wildman–Crippen LogP) is -0.363. The van der Waals surface area contributed by atoms with Crippen LogP contribution in [0.1, 0.15) is 0 Å². The van der Waals surface area contributed by atoms with Crippen LogP contribution < -0.4 is 0 Å². The van der Waals surface area contributed by atoms with Crippen molar-refractivity contribution in [2.75, 3.05) is 14.2 Å². The molecule has 4 heteroatoms. The second kappa shape index (κ2) is 9.05. The zero-order valence-electron chi connectivity index (χ0n) is 3.84. The normalized spacial score (nSPS) is 5.67. The first-order chi connectivity index (χ1) is 2.41. The van der Waals surface area contributed by atoms with Crippen LogP contribution in [0.5, 0.6) is 0 Å². The number of hydrogen-bond acceptors (Lipinski definition) is 3. The SMILES string of the molecule is C[O][Al+][O]C.[OH-]. The number of hydrogen-bond donors (Lipinski definition) is 0. The quantitative estimate of drug-likeness (QED) is 0.451. The van der Waals surface area contributed by atoms with E-state index < -0.39 is 0 Å². The largest absolute Gasteiger partial charge is 0.870 e. The maximum Gasteiger partial charge on any atom is -0.870 e. The van der Waals surface area contributed by atoms with Crippen LogP contribution >= 0.6 is 0 Å². The maximum atomic E-state index is 4.55. The maximum absolute atomic E-state index is 4.55. The van der Waals surface area contributed by atoms with E-state index in [0.29, 0.717) is 0 Å². The summed E-state index contributed by atoms with van der Waals surface area (Å²) in [5.74, 6) is 0. The fourth-order valence-corrected chi connectivity index (χ4v) is 0.289. The second-order valence-electron chi connectivity index (χ2n) is 0.568. The van der Waals surface area contributed by atoms with E-state index in [4.69, 9.17) is 0 Å². The third kappa shape index (κ3) is 8.83. The van der Waals surface area contributed by atoms with E-state index in [1.165, 1.54) is 0 Å². The fraction of sp³-hybridized carbons (Fsp3) is 1.00. The molecule has 0 aromatic carbocycles. The smallest absolute Gasteiger partial charge is 0.870 e. The fourth-order valence-electron chi connectivity index (χ4n) is 0.0962. The van der Waals surface area contributed by atoms with Gasteiger partial charge >= 0.3 is 37.7 Å². The Hall–Kier alpha value is 0.412. The van der Waals surface area contributed by atoms with Crippen molar-refractivity contribution >= 4 is 15.9 Å². The van der Waals surface area contributed by atoms with Crippen LogP contribution in [0.25, 0.3) is 0 Å². The molecule has 36 valence electrons. The molecular weight excluding hydrogens is 99.0 g/mol. The van der Waals surface area contributed by atoms with E-state index in [9.17, 15) is 0 Å². The summed E-state index contributed by atoms with van der Waals surface area (Å²) < 4.78 is 9.10. The molecule has 0 saturated heterocycles. The van der Waals surface area contributed by atoms with Crippen molar-refractivity contribution in [1.82, 2.24) is 0 Å². The van der Waals surface area contributed by atoms with E-state index in [2.05, 4.69) is 7.58 Å². The van der Waals surface area contributed by atoms with Gasteiger partial charge in [-0.25, -0.2) is 0 Å². The molecule has 0 bridgehead atoms. The Kier molecular flexibility index (Phi) is 14.6. The molecule has 0 radical (unpaired) electrons. The molecule has 6 heavy (non-hydrogen) atoms. The van der Waals surface area contributed by atoms with E-state index in [1.807, 2.05) is 0 Å². The van der Waals surface area contributed by atoms with Crippen LogP contribution in [-0.4, -0.2) is 35.6 Å². The Balaban J connectivity index is 0. The summed E-state index contributed by atoms with van der Waals surface area (Å²) in [5, 5.41) is 0. The first kappa shape index (κ1) is 9.65. The first-order valence-corrected chi connectivity index (χ1v) is 2.23. The van der Waals surface area contributed by atoms with E-state index in [-0.39, 0.29) is 21.4 Å². The van der Waals surface area contributed by atoms with Crippen molar-refractivity contribution in [2.24, 2.45) is 0 Å². The Morgan fingerprint density at radius 2 is 1.50 bits per heavy atom. The van der Waals surface area contributed by atoms with Crippen molar-refractivity contribution in [1.29, 1.82) is 0 Å². The molecule has 0 heterocycles. The van der Waals surface area contributed by atoms with Gasteiger partial charge in [-0.2, -0.15) is 0 Å². The van der Waals surface area contributed by atoms with Crippen LogP contribution in [0.4, 0.5) is 0 Å². The van der Waals surface area contributed by atoms with Gasteiger partial charge < -0.3 is 5.48 Å². The van der Waals surface area contributed by atoms with Crippen LogP contribution in [0.3, 0.4) is 0 Å². The molecule has 3 nitrogen and oxygen atoms in total. The van der Waals surface area contributed by atoms with Gasteiger partial charge in [0.05, 0.1) is 0 Å². The van der Waals surface area contributed by atoms with Crippen molar-refractivity contribution in [3.05, 3.63) is 0 Å². The first-order valence-electron chi connectivity index (χ1n) is 1.29. The second-order valence-corrected chi connectivity index (χ2v) is 1.70. The average Bonchev–Trinajstić information content (AvgIpc) is 1.41. The third-order valence-corrected chi connectivity index (χ3v) is 0.577. The molecule has 0 amide bonds. The van der Waals surface area contributed by atoms with E-state index in [0.717, 1.165) is 0 Å². The molecule has 0 aromatic heterocycles. The molecule has 0 spiro atoms. The van der Waals surface area contributed by atoms with Gasteiger partial charge in [0.2, 0.25) is 0 Å². The van der Waals surface area contributed by atoms with Crippen LogP contribution in [-0.2, 0) is 7.58 Å². The minimum atomic E-state index is -0.185. The molecule has 1 N–H and O–H groups in total. The standard InChI is InChI=1S/2CH3O.Al.H2O/c2*1-2;;/h2*1H3;;1H2/q2*-1;+3;/p-1. The van der Waals surface area contributed by atoms with Gasteiger partial charge in [0.1, 0.15) is 0 Å². The van der Waals surface area contributed by atoms with Gasteiger partial charge in [-0.05, 0) is 0 Å².